The second kappa shape index (κ2) is 9.02. The molecule has 7 heteroatoms. The number of anilines is 1. The molecule has 0 spiro atoms. The van der Waals surface area contributed by atoms with Crippen molar-refractivity contribution in [3.05, 3.63) is 58.1 Å². The van der Waals surface area contributed by atoms with E-state index in [0.29, 0.717) is 27.3 Å². The van der Waals surface area contributed by atoms with Gasteiger partial charge in [-0.3, -0.25) is 9.69 Å². The number of aromatic nitrogens is 1. The summed E-state index contributed by atoms with van der Waals surface area (Å²) in [6.07, 6.45) is 0. The summed E-state index contributed by atoms with van der Waals surface area (Å²) in [6.45, 7) is 7.37. The van der Waals surface area contributed by atoms with E-state index in [1.807, 2.05) is 24.3 Å². The number of amides is 1. The standard InChI is InChI=1S/C20H21Cl2N3OS/c1-3-24(4-2)11-12-25(19(26)15-13-14(21)9-10-16(15)22)20-23-17-7-5-6-8-18(17)27-20/h5-10,13H,3-4,11-12H2,1-2H3. The fourth-order valence-corrected chi connectivity index (χ4v) is 4.21. The number of hydrogen-bond donors (Lipinski definition) is 0. The minimum atomic E-state index is -0.186. The number of carbonyl (C=O) groups is 1. The molecule has 2 aromatic carbocycles. The van der Waals surface area contributed by atoms with Gasteiger partial charge in [-0.15, -0.1) is 0 Å². The van der Waals surface area contributed by atoms with Gasteiger partial charge in [0, 0.05) is 18.1 Å². The molecule has 0 fully saturated rings. The van der Waals surface area contributed by atoms with Crippen molar-refractivity contribution in [1.29, 1.82) is 0 Å². The summed E-state index contributed by atoms with van der Waals surface area (Å²) >= 11 is 13.9. The number of para-hydroxylation sites is 1. The molecule has 142 valence electrons. The molecule has 1 amide bonds. The van der Waals surface area contributed by atoms with Crippen LogP contribution in [-0.2, 0) is 0 Å². The van der Waals surface area contributed by atoms with Gasteiger partial charge in [-0.1, -0.05) is 60.5 Å². The van der Waals surface area contributed by atoms with Crippen LogP contribution in [0.1, 0.15) is 24.2 Å². The maximum Gasteiger partial charge on any atom is 0.261 e. The monoisotopic (exact) mass is 421 g/mol. The number of nitrogens with zero attached hydrogens (tertiary/aromatic N) is 3. The molecule has 27 heavy (non-hydrogen) atoms. The smallest absolute Gasteiger partial charge is 0.261 e. The van der Waals surface area contributed by atoms with Crippen molar-refractivity contribution in [3.8, 4) is 0 Å². The Morgan fingerprint density at radius 3 is 2.52 bits per heavy atom. The first-order chi connectivity index (χ1) is 13.0. The van der Waals surface area contributed by atoms with Crippen molar-refractivity contribution in [2.45, 2.75) is 13.8 Å². The number of benzene rings is 2. The molecule has 0 bridgehead atoms. The van der Waals surface area contributed by atoms with Crippen LogP contribution in [-0.4, -0.2) is 42.0 Å². The zero-order valence-electron chi connectivity index (χ0n) is 15.3. The third kappa shape index (κ3) is 4.61. The van der Waals surface area contributed by atoms with Crippen molar-refractivity contribution < 1.29 is 4.79 Å². The number of carbonyl (C=O) groups excluding carboxylic acids is 1. The third-order valence-corrected chi connectivity index (χ3v) is 6.08. The summed E-state index contributed by atoms with van der Waals surface area (Å²) in [5.41, 5.74) is 1.28. The first-order valence-corrected chi connectivity index (χ1v) is 10.5. The molecule has 0 radical (unpaired) electrons. The van der Waals surface area contributed by atoms with Crippen molar-refractivity contribution in [2.24, 2.45) is 0 Å². The normalized spacial score (nSPS) is 11.3. The molecule has 3 aromatic rings. The van der Waals surface area contributed by atoms with Crippen LogP contribution in [0.4, 0.5) is 5.13 Å². The second-order valence-electron chi connectivity index (χ2n) is 6.07. The minimum absolute atomic E-state index is 0.186. The maximum absolute atomic E-state index is 13.3. The van der Waals surface area contributed by atoms with E-state index in [-0.39, 0.29) is 5.91 Å². The molecular weight excluding hydrogens is 401 g/mol. The van der Waals surface area contributed by atoms with Gasteiger partial charge in [0.25, 0.3) is 5.91 Å². The summed E-state index contributed by atoms with van der Waals surface area (Å²) in [4.78, 5) is 22.0. The molecule has 0 saturated heterocycles. The fraction of sp³-hybridized carbons (Fsp3) is 0.300. The lowest BCUT2D eigenvalue weighted by Gasteiger charge is -2.25. The topological polar surface area (TPSA) is 36.4 Å². The predicted molar refractivity (Wildman–Crippen MR) is 116 cm³/mol. The highest BCUT2D eigenvalue weighted by Gasteiger charge is 2.24. The molecule has 3 rings (SSSR count). The van der Waals surface area contributed by atoms with E-state index in [0.717, 1.165) is 29.9 Å². The summed E-state index contributed by atoms with van der Waals surface area (Å²) in [5, 5.41) is 1.54. The number of halogens is 2. The number of likely N-dealkylation sites (N-methyl/N-ethyl adjacent to an activating group) is 1. The Morgan fingerprint density at radius 2 is 1.81 bits per heavy atom. The molecule has 4 nitrogen and oxygen atoms in total. The Kier molecular flexibility index (Phi) is 6.71. The minimum Gasteiger partial charge on any atom is -0.302 e. The SMILES string of the molecule is CCN(CC)CCN(C(=O)c1cc(Cl)ccc1Cl)c1nc2ccccc2s1. The largest absolute Gasteiger partial charge is 0.302 e. The van der Waals surface area contributed by atoms with E-state index < -0.39 is 0 Å². The van der Waals surface area contributed by atoms with Gasteiger partial charge in [0.1, 0.15) is 0 Å². The lowest BCUT2D eigenvalue weighted by molar-refractivity contribution is 0.0984. The zero-order valence-corrected chi connectivity index (χ0v) is 17.6. The number of hydrogen-bond acceptors (Lipinski definition) is 4. The first-order valence-electron chi connectivity index (χ1n) is 8.88. The van der Waals surface area contributed by atoms with Crippen LogP contribution < -0.4 is 4.90 Å². The van der Waals surface area contributed by atoms with Crippen LogP contribution in [0.5, 0.6) is 0 Å². The summed E-state index contributed by atoms with van der Waals surface area (Å²) < 4.78 is 1.05. The van der Waals surface area contributed by atoms with Crippen molar-refractivity contribution in [1.82, 2.24) is 9.88 Å². The Balaban J connectivity index is 1.98. The maximum atomic E-state index is 13.3. The average molecular weight is 422 g/mol. The molecule has 0 atom stereocenters. The van der Waals surface area contributed by atoms with E-state index in [9.17, 15) is 4.79 Å². The average Bonchev–Trinajstić information content (AvgIpc) is 3.10. The highest BCUT2D eigenvalue weighted by molar-refractivity contribution is 7.22. The zero-order chi connectivity index (χ0) is 19.4. The number of fused-ring (bicyclic) bond motifs is 1. The molecule has 0 saturated carbocycles. The van der Waals surface area contributed by atoms with Gasteiger partial charge in [-0.2, -0.15) is 0 Å². The van der Waals surface area contributed by atoms with Gasteiger partial charge in [0.15, 0.2) is 5.13 Å². The van der Waals surface area contributed by atoms with Crippen LogP contribution in [0.2, 0.25) is 10.0 Å². The summed E-state index contributed by atoms with van der Waals surface area (Å²) in [7, 11) is 0. The van der Waals surface area contributed by atoms with Crippen molar-refractivity contribution in [3.63, 3.8) is 0 Å². The predicted octanol–water partition coefficient (Wildman–Crippen LogP) is 5.59. The van der Waals surface area contributed by atoms with E-state index in [2.05, 4.69) is 23.7 Å². The fourth-order valence-electron chi connectivity index (χ4n) is 2.85. The van der Waals surface area contributed by atoms with Crippen LogP contribution in [0.3, 0.4) is 0 Å². The van der Waals surface area contributed by atoms with Crippen LogP contribution in [0.25, 0.3) is 10.2 Å². The van der Waals surface area contributed by atoms with Gasteiger partial charge in [0.05, 0.1) is 20.8 Å². The highest BCUT2D eigenvalue weighted by Crippen LogP contribution is 2.31. The van der Waals surface area contributed by atoms with Gasteiger partial charge >= 0.3 is 0 Å². The van der Waals surface area contributed by atoms with Crippen molar-refractivity contribution in [2.75, 3.05) is 31.1 Å². The molecule has 0 aliphatic carbocycles. The van der Waals surface area contributed by atoms with Crippen LogP contribution in [0.15, 0.2) is 42.5 Å². The van der Waals surface area contributed by atoms with E-state index in [1.54, 1.807) is 23.1 Å². The van der Waals surface area contributed by atoms with Crippen molar-refractivity contribution >= 4 is 55.8 Å². The van der Waals surface area contributed by atoms with Gasteiger partial charge < -0.3 is 4.90 Å². The second-order valence-corrected chi connectivity index (χ2v) is 7.92. The molecule has 1 aromatic heterocycles. The van der Waals surface area contributed by atoms with Crippen LogP contribution >= 0.6 is 34.5 Å². The Hall–Kier alpha value is -1.66. The van der Waals surface area contributed by atoms with E-state index >= 15 is 0 Å². The Bertz CT molecular complexity index is 907. The summed E-state index contributed by atoms with van der Waals surface area (Å²) in [5.74, 6) is -0.186. The Morgan fingerprint density at radius 1 is 1.07 bits per heavy atom. The van der Waals surface area contributed by atoms with Gasteiger partial charge in [-0.25, -0.2) is 4.98 Å². The van der Waals surface area contributed by atoms with E-state index in [4.69, 9.17) is 23.2 Å². The van der Waals surface area contributed by atoms with Gasteiger partial charge in [-0.05, 0) is 43.4 Å². The number of thiazole rings is 1. The molecule has 0 N–H and O–H groups in total. The molecular formula is C20H21Cl2N3OS. The molecule has 1 heterocycles. The third-order valence-electron chi connectivity index (χ3n) is 4.45. The first kappa shape index (κ1) is 20.1. The number of rotatable bonds is 7. The van der Waals surface area contributed by atoms with Gasteiger partial charge in [0.2, 0.25) is 0 Å². The molecule has 0 unspecified atom stereocenters. The van der Waals surface area contributed by atoms with Crippen LogP contribution in [0, 0.1) is 0 Å². The highest BCUT2D eigenvalue weighted by atomic mass is 35.5. The molecule has 0 aliphatic rings. The van der Waals surface area contributed by atoms with E-state index in [1.165, 1.54) is 11.3 Å². The quantitative estimate of drug-likeness (QED) is 0.498. The molecule has 0 aliphatic heterocycles. The summed E-state index contributed by atoms with van der Waals surface area (Å²) in [6, 6.07) is 12.8. The lowest BCUT2D eigenvalue weighted by Crippen LogP contribution is -2.39. The Labute approximate surface area is 173 Å². The lowest BCUT2D eigenvalue weighted by atomic mass is 10.2.